The molecule has 0 atom stereocenters. The van der Waals surface area contributed by atoms with Crippen molar-refractivity contribution in [3.05, 3.63) is 143 Å². The summed E-state index contributed by atoms with van der Waals surface area (Å²) < 4.78 is 27.8. The molecule has 46 heavy (non-hydrogen) atoms. The summed E-state index contributed by atoms with van der Waals surface area (Å²) in [5.41, 5.74) is 3.68. The molecule has 1 fully saturated rings. The predicted octanol–water partition coefficient (Wildman–Crippen LogP) is 4.64. The summed E-state index contributed by atoms with van der Waals surface area (Å²) in [6, 6.07) is 28.0. The van der Waals surface area contributed by atoms with Gasteiger partial charge in [0, 0.05) is 61.9 Å². The third-order valence-electron chi connectivity index (χ3n) is 7.97. The Morgan fingerprint density at radius 2 is 1.59 bits per heavy atom. The van der Waals surface area contributed by atoms with Crippen molar-refractivity contribution >= 4 is 27.3 Å². The molecule has 3 heterocycles. The van der Waals surface area contributed by atoms with Gasteiger partial charge in [0.15, 0.2) is 0 Å². The maximum atomic E-state index is 13.7. The number of anilines is 2. The molecule has 0 saturated carbocycles. The van der Waals surface area contributed by atoms with Gasteiger partial charge in [0.1, 0.15) is 11.4 Å². The molecule has 6 rings (SSSR count). The summed E-state index contributed by atoms with van der Waals surface area (Å²) in [5.74, 6) is -1.11. The van der Waals surface area contributed by atoms with Crippen LogP contribution in [0.1, 0.15) is 21.5 Å². The van der Waals surface area contributed by atoms with Crippen LogP contribution in [-0.2, 0) is 22.3 Å². The predicted molar refractivity (Wildman–Crippen MR) is 178 cm³/mol. The highest BCUT2D eigenvalue weighted by Gasteiger charge is 2.32. The number of piperazine rings is 1. The molecule has 5 aromatic rings. The zero-order valence-corrected chi connectivity index (χ0v) is 25.8. The van der Waals surface area contributed by atoms with Crippen molar-refractivity contribution < 1.29 is 18.3 Å². The smallest absolute Gasteiger partial charge is 0.273 e. The SMILES string of the molecule is O=C(c1ccc(N2CCN(Cc3ccccc3-c3cncc(O)c3)CC2)cc1)N(c1ccc[nH]c1=O)S(=O)(=O)Cc1ccccc1. The molecule has 1 amide bonds. The van der Waals surface area contributed by atoms with Crippen molar-refractivity contribution in [2.45, 2.75) is 12.3 Å². The van der Waals surface area contributed by atoms with Crippen molar-refractivity contribution in [1.29, 1.82) is 0 Å². The molecule has 1 aliphatic heterocycles. The lowest BCUT2D eigenvalue weighted by molar-refractivity contribution is 0.100. The number of nitrogens with one attached hydrogen (secondary N) is 1. The monoisotopic (exact) mass is 635 g/mol. The first-order valence-corrected chi connectivity index (χ1v) is 16.5. The van der Waals surface area contributed by atoms with Crippen LogP contribution in [-0.4, -0.2) is 60.5 Å². The zero-order chi connectivity index (χ0) is 32.1. The number of hydrogen-bond acceptors (Lipinski definition) is 8. The second-order valence-corrected chi connectivity index (χ2v) is 12.9. The van der Waals surface area contributed by atoms with E-state index in [1.165, 1.54) is 24.5 Å². The van der Waals surface area contributed by atoms with Gasteiger partial charge >= 0.3 is 0 Å². The van der Waals surface area contributed by atoms with Crippen LogP contribution >= 0.6 is 0 Å². The highest BCUT2D eigenvalue weighted by atomic mass is 32.2. The van der Waals surface area contributed by atoms with Crippen molar-refractivity contribution in [1.82, 2.24) is 14.9 Å². The van der Waals surface area contributed by atoms with E-state index in [2.05, 4.69) is 25.8 Å². The molecular formula is C35H33N5O5S. The molecule has 0 radical (unpaired) electrons. The molecule has 0 aliphatic carbocycles. The molecule has 2 N–H and O–H groups in total. The first-order valence-electron chi connectivity index (χ1n) is 14.9. The van der Waals surface area contributed by atoms with E-state index in [4.69, 9.17) is 0 Å². The Kier molecular flexibility index (Phi) is 8.95. The van der Waals surface area contributed by atoms with E-state index in [0.29, 0.717) is 9.87 Å². The van der Waals surface area contributed by atoms with E-state index >= 15 is 0 Å². The molecule has 0 spiro atoms. The first kappa shape index (κ1) is 30.8. The van der Waals surface area contributed by atoms with E-state index in [1.54, 1.807) is 54.7 Å². The number of benzene rings is 3. The number of sulfonamides is 1. The summed E-state index contributed by atoms with van der Waals surface area (Å²) in [7, 11) is -4.25. The average molecular weight is 636 g/mol. The van der Waals surface area contributed by atoms with Crippen LogP contribution < -0.4 is 14.8 Å². The zero-order valence-electron chi connectivity index (χ0n) is 25.0. The first-order chi connectivity index (χ1) is 22.3. The van der Waals surface area contributed by atoms with Gasteiger partial charge in [-0.25, -0.2) is 8.42 Å². The van der Waals surface area contributed by atoms with Gasteiger partial charge in [-0.15, -0.1) is 0 Å². The normalized spacial score (nSPS) is 13.8. The molecule has 1 saturated heterocycles. The summed E-state index contributed by atoms with van der Waals surface area (Å²) in [6.07, 6.45) is 4.56. The lowest BCUT2D eigenvalue weighted by atomic mass is 10.0. The number of pyridine rings is 2. The minimum Gasteiger partial charge on any atom is -0.506 e. The number of amides is 1. The third kappa shape index (κ3) is 6.85. The Morgan fingerprint density at radius 3 is 2.30 bits per heavy atom. The van der Waals surface area contributed by atoms with Crippen LogP contribution in [0, 0.1) is 0 Å². The number of aromatic hydroxyl groups is 1. The summed E-state index contributed by atoms with van der Waals surface area (Å²) in [4.78, 5) is 37.6. The van der Waals surface area contributed by atoms with E-state index in [0.717, 1.165) is 55.1 Å². The van der Waals surface area contributed by atoms with Crippen molar-refractivity contribution in [2.75, 3.05) is 35.4 Å². The highest BCUT2D eigenvalue weighted by molar-refractivity contribution is 7.92. The topological polar surface area (TPSA) is 127 Å². The van der Waals surface area contributed by atoms with E-state index in [9.17, 15) is 23.1 Å². The van der Waals surface area contributed by atoms with Crippen LogP contribution in [0.25, 0.3) is 11.1 Å². The lowest BCUT2D eigenvalue weighted by Gasteiger charge is -2.36. The third-order valence-corrected chi connectivity index (χ3v) is 9.59. The quantitative estimate of drug-likeness (QED) is 0.240. The van der Waals surface area contributed by atoms with Gasteiger partial charge < -0.3 is 15.0 Å². The van der Waals surface area contributed by atoms with Gasteiger partial charge in [-0.05, 0) is 59.2 Å². The summed E-state index contributed by atoms with van der Waals surface area (Å²) in [6.45, 7) is 3.91. The van der Waals surface area contributed by atoms with Crippen LogP contribution in [0.2, 0.25) is 0 Å². The maximum absolute atomic E-state index is 13.7. The number of carbonyl (C=O) groups excluding carboxylic acids is 1. The van der Waals surface area contributed by atoms with Gasteiger partial charge in [-0.3, -0.25) is 19.5 Å². The number of nitrogens with zero attached hydrogens (tertiary/aromatic N) is 4. The molecule has 0 unspecified atom stereocenters. The molecule has 234 valence electrons. The van der Waals surface area contributed by atoms with Crippen LogP contribution in [0.3, 0.4) is 0 Å². The Balaban J connectivity index is 1.15. The second-order valence-electron chi connectivity index (χ2n) is 11.1. The highest BCUT2D eigenvalue weighted by Crippen LogP contribution is 2.28. The number of hydrogen-bond donors (Lipinski definition) is 2. The molecule has 1 aliphatic rings. The largest absolute Gasteiger partial charge is 0.506 e. The number of aromatic nitrogens is 2. The van der Waals surface area contributed by atoms with E-state index in [1.807, 2.05) is 30.3 Å². The number of rotatable bonds is 9. The van der Waals surface area contributed by atoms with Crippen LogP contribution in [0.5, 0.6) is 5.75 Å². The van der Waals surface area contributed by atoms with E-state index < -0.39 is 27.2 Å². The van der Waals surface area contributed by atoms with Gasteiger partial charge in [0.05, 0.1) is 11.9 Å². The minimum absolute atomic E-state index is 0.129. The molecule has 0 bridgehead atoms. The number of carbonyl (C=O) groups is 1. The second kappa shape index (κ2) is 13.4. The van der Waals surface area contributed by atoms with Crippen LogP contribution in [0.15, 0.2) is 120 Å². The fraction of sp³-hybridized carbons (Fsp3) is 0.171. The van der Waals surface area contributed by atoms with Gasteiger partial charge in [0.25, 0.3) is 11.5 Å². The van der Waals surface area contributed by atoms with Gasteiger partial charge in [-0.2, -0.15) is 4.31 Å². The molecule has 10 nitrogen and oxygen atoms in total. The van der Waals surface area contributed by atoms with Crippen molar-refractivity contribution in [3.63, 3.8) is 0 Å². The van der Waals surface area contributed by atoms with E-state index in [-0.39, 0.29) is 17.0 Å². The molecular weight excluding hydrogens is 602 g/mol. The fourth-order valence-electron chi connectivity index (χ4n) is 5.66. The Hall–Kier alpha value is -5.26. The number of aromatic amines is 1. The average Bonchev–Trinajstić information content (AvgIpc) is 3.06. The van der Waals surface area contributed by atoms with Crippen molar-refractivity contribution in [2.24, 2.45) is 0 Å². The maximum Gasteiger partial charge on any atom is 0.273 e. The van der Waals surface area contributed by atoms with Gasteiger partial charge in [-0.1, -0.05) is 54.6 Å². The Morgan fingerprint density at radius 1 is 0.870 bits per heavy atom. The minimum atomic E-state index is -4.25. The molecule has 3 aromatic carbocycles. The van der Waals surface area contributed by atoms with Crippen molar-refractivity contribution in [3.8, 4) is 16.9 Å². The lowest BCUT2D eigenvalue weighted by Crippen LogP contribution is -2.46. The Bertz CT molecular complexity index is 1990. The number of H-pyrrole nitrogens is 1. The van der Waals surface area contributed by atoms with Crippen LogP contribution in [0.4, 0.5) is 11.4 Å². The fourth-order valence-corrected chi connectivity index (χ4v) is 7.20. The Labute approximate surface area is 267 Å². The summed E-state index contributed by atoms with van der Waals surface area (Å²) >= 11 is 0. The van der Waals surface area contributed by atoms with Gasteiger partial charge in [0.2, 0.25) is 10.0 Å². The summed E-state index contributed by atoms with van der Waals surface area (Å²) in [5, 5.41) is 9.91. The molecule has 11 heteroatoms. The molecule has 2 aromatic heterocycles. The standard InChI is InChI=1S/C35H33N5O5S/c41-31-21-29(22-36-23-31)32-10-5-4-9-28(32)24-38-17-19-39(20-18-38)30-14-12-27(13-15-30)35(43)40(33-11-6-16-37-34(33)42)46(44,45)25-26-7-2-1-3-8-26/h1-16,21-23,41H,17-20,24-25H2,(H,37,42).